The molecule has 0 saturated heterocycles. The Labute approximate surface area is 220 Å². The van der Waals surface area contributed by atoms with E-state index in [1.54, 1.807) is 36.4 Å². The maximum atomic E-state index is 12.2. The lowest BCUT2D eigenvalue weighted by Crippen LogP contribution is -2.17. The maximum absolute atomic E-state index is 12.2. The molecule has 5 rings (SSSR count). The number of primary sulfonamides is 1. The van der Waals surface area contributed by atoms with E-state index in [-0.39, 0.29) is 10.1 Å². The highest BCUT2D eigenvalue weighted by Gasteiger charge is 2.35. The molecular weight excluding hydrogens is 528 g/mol. The van der Waals surface area contributed by atoms with Gasteiger partial charge in [-0.05, 0) is 61.7 Å². The van der Waals surface area contributed by atoms with Crippen LogP contribution in [0.25, 0.3) is 22.3 Å². The van der Waals surface area contributed by atoms with Crippen LogP contribution >= 0.6 is 0 Å². The molecule has 38 heavy (non-hydrogen) atoms. The average Bonchev–Trinajstić information content (AvgIpc) is 3.74. The first-order valence-corrected chi connectivity index (χ1v) is 15.0. The van der Waals surface area contributed by atoms with E-state index >= 15 is 0 Å². The molecule has 4 N–H and O–H groups in total. The zero-order valence-electron chi connectivity index (χ0n) is 20.5. The minimum Gasteiger partial charge on any atom is -0.476 e. The fourth-order valence-electron chi connectivity index (χ4n) is 3.78. The first-order valence-electron chi connectivity index (χ1n) is 11.9. The van der Waals surface area contributed by atoms with Gasteiger partial charge < -0.3 is 10.1 Å². The Morgan fingerprint density at radius 3 is 2.26 bits per heavy atom. The Morgan fingerprint density at radius 1 is 0.921 bits per heavy atom. The quantitative estimate of drug-likeness (QED) is 0.267. The number of fused-ring (bicyclic) bond motifs is 1. The van der Waals surface area contributed by atoms with Crippen molar-refractivity contribution in [2.24, 2.45) is 5.14 Å². The highest BCUT2D eigenvalue weighted by atomic mass is 32.2. The van der Waals surface area contributed by atoms with E-state index in [4.69, 9.17) is 14.9 Å². The lowest BCUT2D eigenvalue weighted by Gasteiger charge is -2.12. The SMILES string of the molecule is CCOc1nc(NCc2ccc(S(N)(=O)=O)cc2)nc2ccc(-c3ccc(NS(=O)(=O)C4CC4)cc3)nc12. The largest absolute Gasteiger partial charge is 0.476 e. The van der Waals surface area contributed by atoms with Gasteiger partial charge in [-0.2, -0.15) is 4.98 Å². The third-order valence-corrected chi connectivity index (χ3v) is 8.70. The van der Waals surface area contributed by atoms with Crippen molar-refractivity contribution < 1.29 is 21.6 Å². The van der Waals surface area contributed by atoms with E-state index in [1.807, 2.05) is 19.1 Å². The van der Waals surface area contributed by atoms with Crippen molar-refractivity contribution in [3.63, 3.8) is 0 Å². The molecule has 4 aromatic rings. The van der Waals surface area contributed by atoms with Gasteiger partial charge in [-0.3, -0.25) is 4.72 Å². The molecule has 2 aromatic carbocycles. The molecule has 1 saturated carbocycles. The fraction of sp³-hybridized carbons (Fsp3) is 0.240. The number of sulfonamides is 2. The summed E-state index contributed by atoms with van der Waals surface area (Å²) in [6.45, 7) is 2.58. The predicted molar refractivity (Wildman–Crippen MR) is 145 cm³/mol. The first kappa shape index (κ1) is 25.8. The van der Waals surface area contributed by atoms with Crippen LogP contribution in [0.2, 0.25) is 0 Å². The minimum absolute atomic E-state index is 0.0397. The molecule has 0 aliphatic heterocycles. The summed E-state index contributed by atoms with van der Waals surface area (Å²) < 4.78 is 55.6. The van der Waals surface area contributed by atoms with Crippen LogP contribution in [0.1, 0.15) is 25.3 Å². The molecule has 0 bridgehead atoms. The van der Waals surface area contributed by atoms with Gasteiger partial charge in [0.25, 0.3) is 0 Å². The number of ether oxygens (including phenoxy) is 1. The number of aromatic nitrogens is 3. The number of hydrogen-bond donors (Lipinski definition) is 3. The second-order valence-corrected chi connectivity index (χ2v) is 12.3. The number of anilines is 2. The summed E-state index contributed by atoms with van der Waals surface area (Å²) in [4.78, 5) is 13.8. The van der Waals surface area contributed by atoms with Crippen molar-refractivity contribution >= 4 is 42.7 Å². The van der Waals surface area contributed by atoms with Gasteiger partial charge in [-0.15, -0.1) is 0 Å². The van der Waals surface area contributed by atoms with E-state index < -0.39 is 20.0 Å². The molecule has 0 atom stereocenters. The topological polar surface area (TPSA) is 166 Å². The van der Waals surface area contributed by atoms with Gasteiger partial charge in [-0.25, -0.2) is 31.9 Å². The molecule has 0 radical (unpaired) electrons. The van der Waals surface area contributed by atoms with E-state index in [2.05, 4.69) is 20.0 Å². The number of hydrogen-bond acceptors (Lipinski definition) is 9. The fourth-order valence-corrected chi connectivity index (χ4v) is 5.68. The number of pyridine rings is 1. The monoisotopic (exact) mass is 554 g/mol. The van der Waals surface area contributed by atoms with Crippen LogP contribution in [0.5, 0.6) is 5.88 Å². The van der Waals surface area contributed by atoms with E-state index in [0.717, 1.165) is 11.1 Å². The van der Waals surface area contributed by atoms with Crippen LogP contribution in [-0.2, 0) is 26.6 Å². The second-order valence-electron chi connectivity index (χ2n) is 8.82. The highest BCUT2D eigenvalue weighted by Crippen LogP contribution is 2.31. The Bertz CT molecular complexity index is 1690. The molecule has 0 unspecified atom stereocenters. The van der Waals surface area contributed by atoms with Crippen LogP contribution in [-0.4, -0.2) is 43.6 Å². The standard InChI is InChI=1S/C25H26N6O5S2/c1-2-36-24-23-22(29-25(30-24)27-15-16-3-9-19(10-4-16)37(26,32)33)14-13-21(28-23)17-5-7-18(8-6-17)31-38(34,35)20-11-12-20/h3-10,13-14,20,31H,2,11-12,15H2,1H3,(H2,26,32,33)(H,27,29,30). The predicted octanol–water partition coefficient (Wildman–Crippen LogP) is 3.25. The van der Waals surface area contributed by atoms with E-state index in [1.165, 1.54) is 12.1 Å². The van der Waals surface area contributed by atoms with Crippen molar-refractivity contribution in [3.8, 4) is 17.1 Å². The summed E-state index contributed by atoms with van der Waals surface area (Å²) in [6, 6.07) is 16.9. The molecule has 1 aliphatic rings. The second kappa shape index (κ2) is 10.2. The summed E-state index contributed by atoms with van der Waals surface area (Å²) in [6.07, 6.45) is 1.40. The van der Waals surface area contributed by atoms with Crippen LogP contribution < -0.4 is 19.9 Å². The molecule has 1 aliphatic carbocycles. The van der Waals surface area contributed by atoms with Gasteiger partial charge in [0.1, 0.15) is 0 Å². The highest BCUT2D eigenvalue weighted by molar-refractivity contribution is 7.93. The van der Waals surface area contributed by atoms with E-state index in [9.17, 15) is 16.8 Å². The van der Waals surface area contributed by atoms with Crippen LogP contribution in [0.4, 0.5) is 11.6 Å². The Hall–Kier alpha value is -3.81. The molecule has 11 nitrogen and oxygen atoms in total. The molecule has 0 amide bonds. The third kappa shape index (κ3) is 5.85. The van der Waals surface area contributed by atoms with Crippen molar-refractivity contribution in [1.29, 1.82) is 0 Å². The number of rotatable bonds is 10. The van der Waals surface area contributed by atoms with Crippen LogP contribution in [0.15, 0.2) is 65.6 Å². The Balaban J connectivity index is 1.36. The third-order valence-electron chi connectivity index (χ3n) is 5.90. The minimum atomic E-state index is -3.75. The van der Waals surface area contributed by atoms with Crippen LogP contribution in [0, 0.1) is 0 Å². The zero-order chi connectivity index (χ0) is 26.9. The van der Waals surface area contributed by atoms with Gasteiger partial charge in [-0.1, -0.05) is 24.3 Å². The van der Waals surface area contributed by atoms with Gasteiger partial charge in [0.2, 0.25) is 31.9 Å². The van der Waals surface area contributed by atoms with E-state index in [0.29, 0.717) is 60.2 Å². The van der Waals surface area contributed by atoms with Gasteiger partial charge in [0, 0.05) is 17.8 Å². The first-order chi connectivity index (χ1) is 18.1. The number of nitrogens with zero attached hydrogens (tertiary/aromatic N) is 3. The lowest BCUT2D eigenvalue weighted by atomic mass is 10.1. The Kier molecular flexibility index (Phi) is 6.90. The van der Waals surface area contributed by atoms with Gasteiger partial charge >= 0.3 is 0 Å². The summed E-state index contributed by atoms with van der Waals surface area (Å²) >= 11 is 0. The molecule has 198 valence electrons. The molecule has 0 spiro atoms. The summed E-state index contributed by atoms with van der Waals surface area (Å²) in [5, 5.41) is 7.98. The molecule has 13 heteroatoms. The lowest BCUT2D eigenvalue weighted by molar-refractivity contribution is 0.330. The van der Waals surface area contributed by atoms with Crippen LogP contribution in [0.3, 0.4) is 0 Å². The summed E-state index contributed by atoms with van der Waals surface area (Å²) in [5.41, 5.74) is 3.85. The summed E-state index contributed by atoms with van der Waals surface area (Å²) in [5.74, 6) is 0.651. The van der Waals surface area contributed by atoms with Gasteiger partial charge in [0.15, 0.2) is 5.52 Å². The van der Waals surface area contributed by atoms with Crippen molar-refractivity contribution in [3.05, 3.63) is 66.2 Å². The smallest absolute Gasteiger partial charge is 0.245 e. The molecular formula is C25H26N6O5S2. The molecule has 2 heterocycles. The van der Waals surface area contributed by atoms with Gasteiger partial charge in [0.05, 0.1) is 28.0 Å². The Morgan fingerprint density at radius 2 is 1.63 bits per heavy atom. The number of nitrogens with two attached hydrogens (primary N) is 1. The number of benzene rings is 2. The number of nitrogens with one attached hydrogen (secondary N) is 2. The van der Waals surface area contributed by atoms with Crippen molar-refractivity contribution in [2.75, 3.05) is 16.6 Å². The summed E-state index contributed by atoms with van der Waals surface area (Å²) in [7, 11) is -7.08. The molecule has 2 aromatic heterocycles. The zero-order valence-corrected chi connectivity index (χ0v) is 22.1. The van der Waals surface area contributed by atoms with Crippen molar-refractivity contribution in [2.45, 2.75) is 36.5 Å². The maximum Gasteiger partial charge on any atom is 0.245 e. The van der Waals surface area contributed by atoms with Crippen molar-refractivity contribution in [1.82, 2.24) is 15.0 Å². The normalized spacial score (nSPS) is 13.8. The molecule has 1 fully saturated rings. The average molecular weight is 555 g/mol.